The third-order valence-corrected chi connectivity index (χ3v) is 0.959. The van der Waals surface area contributed by atoms with Gasteiger partial charge in [0.15, 0.2) is 0 Å². The summed E-state index contributed by atoms with van der Waals surface area (Å²) in [6.45, 7) is 12.6. The Morgan fingerprint density at radius 1 is 1.45 bits per heavy atom. The fraction of sp³-hybridized carbons (Fsp3) is 0.444. The van der Waals surface area contributed by atoms with Crippen LogP contribution in [0.3, 0.4) is 0 Å². The van der Waals surface area contributed by atoms with Crippen molar-refractivity contribution in [3.05, 3.63) is 24.9 Å². The smallest absolute Gasteiger partial charge is 0.252 e. The normalized spacial score (nSPS) is 7.27. The van der Waals surface area contributed by atoms with Crippen molar-refractivity contribution in [3.63, 3.8) is 0 Å². The van der Waals surface area contributed by atoms with Crippen LogP contribution in [0.5, 0.6) is 0 Å². The largest absolute Gasteiger partial charge is 0.319 e. The molecule has 64 valence electrons. The molecule has 11 heavy (non-hydrogen) atoms. The molecule has 0 saturated heterocycles. The van der Waals surface area contributed by atoms with E-state index in [2.05, 4.69) is 13.2 Å². The summed E-state index contributed by atoms with van der Waals surface area (Å²) in [6.07, 6.45) is 1.46. The van der Waals surface area contributed by atoms with Gasteiger partial charge in [0.2, 0.25) is 0 Å². The molecule has 0 aromatic heterocycles. The van der Waals surface area contributed by atoms with E-state index in [0.717, 1.165) is 0 Å². The quantitative estimate of drug-likeness (QED) is 0.560. The topological polar surface area (TPSA) is 20.3 Å². The second kappa shape index (κ2) is 7.06. The molecule has 0 unspecified atom stereocenters. The molecule has 0 radical (unpaired) electrons. The molecule has 0 atom stereocenters. The molecule has 1 amide bonds. The Kier molecular flexibility index (Phi) is 8.10. The van der Waals surface area contributed by atoms with Crippen molar-refractivity contribution in [1.82, 2.24) is 4.90 Å². The maximum atomic E-state index is 10.8. The molecule has 0 aromatic rings. The Morgan fingerprint density at radius 2 is 1.82 bits per heavy atom. The lowest BCUT2D eigenvalue weighted by Gasteiger charge is -2.09. The van der Waals surface area contributed by atoms with Gasteiger partial charge in [-0.2, -0.15) is 0 Å². The predicted molar refractivity (Wildman–Crippen MR) is 49.1 cm³/mol. The molecule has 0 saturated carbocycles. The third kappa shape index (κ3) is 5.40. The lowest BCUT2D eigenvalue weighted by Crippen LogP contribution is -2.20. The van der Waals surface area contributed by atoms with E-state index in [0.29, 0.717) is 5.57 Å². The molecule has 0 heterocycles. The molecular formula is C9H17NO. The lowest BCUT2D eigenvalue weighted by molar-refractivity contribution is -0.123. The van der Waals surface area contributed by atoms with Gasteiger partial charge in [-0.1, -0.05) is 27.0 Å². The molecule has 0 N–H and O–H groups in total. The number of likely N-dealkylation sites (N-methyl/N-ethyl adjacent to an activating group) is 1. The highest BCUT2D eigenvalue weighted by atomic mass is 16.2. The SMILES string of the molecule is C=CN(C)C(=O)C(=C)C.CC. The van der Waals surface area contributed by atoms with Gasteiger partial charge in [0.05, 0.1) is 0 Å². The predicted octanol–water partition coefficient (Wildman–Crippen LogP) is 2.19. The van der Waals surface area contributed by atoms with Gasteiger partial charge < -0.3 is 4.90 Å². The van der Waals surface area contributed by atoms with Crippen LogP contribution in [0.15, 0.2) is 24.9 Å². The molecule has 0 fully saturated rings. The van der Waals surface area contributed by atoms with E-state index in [-0.39, 0.29) is 5.91 Å². The molecule has 0 rings (SSSR count). The molecular weight excluding hydrogens is 138 g/mol. The van der Waals surface area contributed by atoms with E-state index in [9.17, 15) is 4.79 Å². The molecule has 0 aliphatic carbocycles. The molecule has 0 bridgehead atoms. The molecule has 0 aliphatic rings. The average Bonchev–Trinajstić information content (AvgIpc) is 2.05. The van der Waals surface area contributed by atoms with Gasteiger partial charge in [-0.15, -0.1) is 0 Å². The van der Waals surface area contributed by atoms with Gasteiger partial charge in [-0.05, 0) is 13.1 Å². The summed E-state index contributed by atoms with van der Waals surface area (Å²) in [5.41, 5.74) is 0.525. The fourth-order valence-corrected chi connectivity index (χ4v) is 0.384. The van der Waals surface area contributed by atoms with Crippen LogP contribution in [0.4, 0.5) is 0 Å². The number of amides is 1. The van der Waals surface area contributed by atoms with E-state index >= 15 is 0 Å². The number of hydrogen-bond donors (Lipinski definition) is 0. The highest BCUT2D eigenvalue weighted by molar-refractivity contribution is 5.92. The Morgan fingerprint density at radius 3 is 1.91 bits per heavy atom. The van der Waals surface area contributed by atoms with Crippen LogP contribution in [0, 0.1) is 0 Å². The van der Waals surface area contributed by atoms with Gasteiger partial charge in [0.25, 0.3) is 5.91 Å². The van der Waals surface area contributed by atoms with Crippen molar-refractivity contribution >= 4 is 5.91 Å². The van der Waals surface area contributed by atoms with Crippen LogP contribution in [0.1, 0.15) is 20.8 Å². The van der Waals surface area contributed by atoms with E-state index in [1.165, 1.54) is 11.1 Å². The monoisotopic (exact) mass is 155 g/mol. The second-order valence-corrected chi connectivity index (χ2v) is 1.88. The number of carbonyl (C=O) groups excluding carboxylic acids is 1. The summed E-state index contributed by atoms with van der Waals surface area (Å²) in [6, 6.07) is 0. The number of rotatable bonds is 2. The zero-order valence-corrected chi connectivity index (χ0v) is 7.85. The van der Waals surface area contributed by atoms with Gasteiger partial charge in [0, 0.05) is 12.6 Å². The van der Waals surface area contributed by atoms with Crippen molar-refractivity contribution in [2.45, 2.75) is 20.8 Å². The first kappa shape index (κ1) is 12.6. The van der Waals surface area contributed by atoms with Crippen molar-refractivity contribution in [3.8, 4) is 0 Å². The summed E-state index contributed by atoms with van der Waals surface area (Å²) in [5, 5.41) is 0. The first-order valence-corrected chi connectivity index (χ1v) is 3.64. The first-order valence-electron chi connectivity index (χ1n) is 3.64. The van der Waals surface area contributed by atoms with E-state index in [4.69, 9.17) is 0 Å². The molecule has 2 heteroatoms. The Hall–Kier alpha value is -1.05. The van der Waals surface area contributed by atoms with E-state index in [1.807, 2.05) is 13.8 Å². The third-order valence-electron chi connectivity index (χ3n) is 0.959. The maximum absolute atomic E-state index is 10.8. The molecule has 0 aliphatic heterocycles. The minimum absolute atomic E-state index is 0.0926. The van der Waals surface area contributed by atoms with Crippen LogP contribution in [0.2, 0.25) is 0 Å². The molecule has 2 nitrogen and oxygen atoms in total. The fourth-order valence-electron chi connectivity index (χ4n) is 0.384. The van der Waals surface area contributed by atoms with Crippen LogP contribution >= 0.6 is 0 Å². The number of hydrogen-bond acceptors (Lipinski definition) is 1. The minimum atomic E-state index is -0.0926. The van der Waals surface area contributed by atoms with E-state index in [1.54, 1.807) is 14.0 Å². The zero-order valence-electron chi connectivity index (χ0n) is 7.85. The first-order chi connectivity index (χ1) is 5.09. The van der Waals surface area contributed by atoms with Crippen molar-refractivity contribution in [2.24, 2.45) is 0 Å². The summed E-state index contributed by atoms with van der Waals surface area (Å²) < 4.78 is 0. The average molecular weight is 155 g/mol. The summed E-state index contributed by atoms with van der Waals surface area (Å²) in [7, 11) is 1.64. The van der Waals surface area contributed by atoms with Crippen molar-refractivity contribution < 1.29 is 4.79 Å². The highest BCUT2D eigenvalue weighted by Gasteiger charge is 2.03. The number of carbonyl (C=O) groups is 1. The van der Waals surface area contributed by atoms with Gasteiger partial charge >= 0.3 is 0 Å². The van der Waals surface area contributed by atoms with Gasteiger partial charge in [0.1, 0.15) is 0 Å². The molecule has 0 aromatic carbocycles. The van der Waals surface area contributed by atoms with Crippen LogP contribution < -0.4 is 0 Å². The Balaban J connectivity index is 0. The maximum Gasteiger partial charge on any atom is 0.252 e. The standard InChI is InChI=1S/C7H11NO.C2H6/c1-5-8(4)7(9)6(2)3;1-2/h5H,1-2H2,3-4H3;1-2H3. The van der Waals surface area contributed by atoms with Crippen molar-refractivity contribution in [2.75, 3.05) is 7.05 Å². The molecule has 0 spiro atoms. The Labute approximate surface area is 69.2 Å². The highest BCUT2D eigenvalue weighted by Crippen LogP contribution is 1.94. The zero-order chi connectivity index (χ0) is 9.44. The van der Waals surface area contributed by atoms with Gasteiger partial charge in [-0.25, -0.2) is 0 Å². The Bertz CT molecular complexity index is 150. The van der Waals surface area contributed by atoms with Crippen LogP contribution in [0.25, 0.3) is 0 Å². The minimum Gasteiger partial charge on any atom is -0.319 e. The lowest BCUT2D eigenvalue weighted by atomic mass is 10.3. The summed E-state index contributed by atoms with van der Waals surface area (Å²) in [5.74, 6) is -0.0926. The van der Waals surface area contributed by atoms with Gasteiger partial charge in [-0.3, -0.25) is 4.79 Å². The summed E-state index contributed by atoms with van der Waals surface area (Å²) >= 11 is 0. The second-order valence-electron chi connectivity index (χ2n) is 1.88. The van der Waals surface area contributed by atoms with Crippen LogP contribution in [-0.4, -0.2) is 17.9 Å². The number of nitrogens with zero attached hydrogens (tertiary/aromatic N) is 1. The van der Waals surface area contributed by atoms with Crippen LogP contribution in [-0.2, 0) is 4.79 Å². The van der Waals surface area contributed by atoms with E-state index < -0.39 is 0 Å². The summed E-state index contributed by atoms with van der Waals surface area (Å²) in [4.78, 5) is 12.2. The van der Waals surface area contributed by atoms with Crippen molar-refractivity contribution in [1.29, 1.82) is 0 Å².